The van der Waals surface area contributed by atoms with Gasteiger partial charge in [-0.05, 0) is 30.5 Å². The number of carbonyl (C=O) groups excluding carboxylic acids is 2. The quantitative estimate of drug-likeness (QED) is 0.892. The third kappa shape index (κ3) is 4.73. The average molecular weight is 355 g/mol. The standard InChI is InChI=1S/C20H25N3O3/c1-16-5-2-3-6-17(16)14-22-8-4-9-23(11-10-22)19(24)13-21-20(25)18-7-12-26-15-18/h2-3,5-7,12,15H,4,8-11,13-14H2,1H3,(H,21,25). The molecule has 0 radical (unpaired) electrons. The van der Waals surface area contributed by atoms with Crippen LogP contribution in [-0.2, 0) is 11.3 Å². The predicted octanol–water partition coefficient (Wildman–Crippen LogP) is 2.05. The van der Waals surface area contributed by atoms with E-state index in [0.717, 1.165) is 32.6 Å². The highest BCUT2D eigenvalue weighted by molar-refractivity contribution is 5.96. The fraction of sp³-hybridized carbons (Fsp3) is 0.400. The molecule has 0 atom stereocenters. The smallest absolute Gasteiger partial charge is 0.254 e. The number of nitrogens with zero attached hydrogens (tertiary/aromatic N) is 2. The molecule has 3 rings (SSSR count). The fourth-order valence-electron chi connectivity index (χ4n) is 3.17. The van der Waals surface area contributed by atoms with Gasteiger partial charge in [-0.25, -0.2) is 0 Å². The maximum Gasteiger partial charge on any atom is 0.254 e. The number of furan rings is 1. The lowest BCUT2D eigenvalue weighted by Gasteiger charge is -2.22. The van der Waals surface area contributed by atoms with Crippen molar-refractivity contribution in [3.05, 3.63) is 59.5 Å². The van der Waals surface area contributed by atoms with Crippen LogP contribution < -0.4 is 5.32 Å². The van der Waals surface area contributed by atoms with Crippen molar-refractivity contribution in [2.75, 3.05) is 32.7 Å². The van der Waals surface area contributed by atoms with Crippen LogP contribution >= 0.6 is 0 Å². The highest BCUT2D eigenvalue weighted by Crippen LogP contribution is 2.12. The first-order chi connectivity index (χ1) is 12.6. The molecule has 1 aliphatic rings. The Balaban J connectivity index is 1.47. The van der Waals surface area contributed by atoms with E-state index in [2.05, 4.69) is 41.4 Å². The van der Waals surface area contributed by atoms with E-state index in [1.165, 1.54) is 23.7 Å². The van der Waals surface area contributed by atoms with Gasteiger partial charge in [-0.15, -0.1) is 0 Å². The van der Waals surface area contributed by atoms with Gasteiger partial charge in [0.25, 0.3) is 5.91 Å². The van der Waals surface area contributed by atoms with Crippen LogP contribution in [0.15, 0.2) is 47.3 Å². The van der Waals surface area contributed by atoms with Crippen LogP contribution in [0.5, 0.6) is 0 Å². The van der Waals surface area contributed by atoms with Gasteiger partial charge in [0, 0.05) is 32.7 Å². The number of aryl methyl sites for hydroxylation is 1. The Kier molecular flexibility index (Phi) is 6.07. The van der Waals surface area contributed by atoms with Crippen molar-refractivity contribution < 1.29 is 14.0 Å². The molecule has 0 spiro atoms. The lowest BCUT2D eigenvalue weighted by atomic mass is 10.1. The summed E-state index contributed by atoms with van der Waals surface area (Å²) >= 11 is 0. The van der Waals surface area contributed by atoms with Gasteiger partial charge in [0.2, 0.25) is 5.91 Å². The Hall–Kier alpha value is -2.60. The summed E-state index contributed by atoms with van der Waals surface area (Å²) in [6, 6.07) is 9.99. The van der Waals surface area contributed by atoms with Crippen molar-refractivity contribution in [2.45, 2.75) is 19.9 Å². The van der Waals surface area contributed by atoms with E-state index in [-0.39, 0.29) is 18.4 Å². The molecule has 1 N–H and O–H groups in total. The molecule has 26 heavy (non-hydrogen) atoms. The van der Waals surface area contributed by atoms with Gasteiger partial charge in [-0.2, -0.15) is 0 Å². The maximum absolute atomic E-state index is 12.4. The first-order valence-electron chi connectivity index (χ1n) is 8.98. The van der Waals surface area contributed by atoms with Crippen molar-refractivity contribution in [3.63, 3.8) is 0 Å². The van der Waals surface area contributed by atoms with E-state index in [1.54, 1.807) is 6.07 Å². The molecule has 1 saturated heterocycles. The van der Waals surface area contributed by atoms with Gasteiger partial charge >= 0.3 is 0 Å². The summed E-state index contributed by atoms with van der Waals surface area (Å²) < 4.78 is 4.88. The summed E-state index contributed by atoms with van der Waals surface area (Å²) in [5, 5.41) is 2.66. The van der Waals surface area contributed by atoms with E-state index in [9.17, 15) is 9.59 Å². The highest BCUT2D eigenvalue weighted by atomic mass is 16.3. The zero-order chi connectivity index (χ0) is 18.4. The Morgan fingerprint density at radius 1 is 1.12 bits per heavy atom. The maximum atomic E-state index is 12.4. The third-order valence-corrected chi connectivity index (χ3v) is 4.78. The van der Waals surface area contributed by atoms with Crippen LogP contribution in [0.1, 0.15) is 27.9 Å². The molecule has 2 heterocycles. The number of hydrogen-bond donors (Lipinski definition) is 1. The molecule has 6 nitrogen and oxygen atoms in total. The molecule has 1 fully saturated rings. The molecule has 0 saturated carbocycles. The Morgan fingerprint density at radius 3 is 2.73 bits per heavy atom. The summed E-state index contributed by atoms with van der Waals surface area (Å²) in [6.07, 6.45) is 3.75. The van der Waals surface area contributed by atoms with Crippen molar-refractivity contribution in [2.24, 2.45) is 0 Å². The molecule has 0 bridgehead atoms. The van der Waals surface area contributed by atoms with Gasteiger partial charge < -0.3 is 14.6 Å². The monoisotopic (exact) mass is 355 g/mol. The lowest BCUT2D eigenvalue weighted by molar-refractivity contribution is -0.130. The third-order valence-electron chi connectivity index (χ3n) is 4.78. The zero-order valence-corrected chi connectivity index (χ0v) is 15.1. The highest BCUT2D eigenvalue weighted by Gasteiger charge is 2.20. The van der Waals surface area contributed by atoms with Crippen LogP contribution in [0.3, 0.4) is 0 Å². The van der Waals surface area contributed by atoms with Gasteiger partial charge in [-0.3, -0.25) is 14.5 Å². The molecule has 0 aliphatic carbocycles. The fourth-order valence-corrected chi connectivity index (χ4v) is 3.17. The van der Waals surface area contributed by atoms with Crippen molar-refractivity contribution in [1.29, 1.82) is 0 Å². The molecule has 1 aromatic heterocycles. The van der Waals surface area contributed by atoms with E-state index >= 15 is 0 Å². The Bertz CT molecular complexity index is 743. The van der Waals surface area contributed by atoms with Crippen LogP contribution in [0, 0.1) is 6.92 Å². The SMILES string of the molecule is Cc1ccccc1CN1CCCN(C(=O)CNC(=O)c2ccoc2)CC1. The summed E-state index contributed by atoms with van der Waals surface area (Å²) in [5.74, 6) is -0.331. The topological polar surface area (TPSA) is 65.8 Å². The van der Waals surface area contributed by atoms with Crippen molar-refractivity contribution >= 4 is 11.8 Å². The van der Waals surface area contributed by atoms with Gasteiger partial charge in [-0.1, -0.05) is 24.3 Å². The molecule has 1 aromatic carbocycles. The van der Waals surface area contributed by atoms with Gasteiger partial charge in [0.15, 0.2) is 0 Å². The number of amides is 2. The van der Waals surface area contributed by atoms with Crippen molar-refractivity contribution in [1.82, 2.24) is 15.1 Å². The first kappa shape index (κ1) is 18.2. The van der Waals surface area contributed by atoms with E-state index < -0.39 is 0 Å². The molecule has 1 aliphatic heterocycles. The number of nitrogens with one attached hydrogen (secondary N) is 1. The van der Waals surface area contributed by atoms with E-state index in [1.807, 2.05) is 4.90 Å². The summed E-state index contributed by atoms with van der Waals surface area (Å²) in [4.78, 5) is 28.5. The number of benzene rings is 1. The van der Waals surface area contributed by atoms with Crippen LogP contribution in [0.4, 0.5) is 0 Å². The number of hydrogen-bond acceptors (Lipinski definition) is 4. The second kappa shape index (κ2) is 8.67. The second-order valence-electron chi connectivity index (χ2n) is 6.63. The number of carbonyl (C=O) groups is 2. The molecular weight excluding hydrogens is 330 g/mol. The molecule has 2 amide bonds. The van der Waals surface area contributed by atoms with Gasteiger partial charge in [0.05, 0.1) is 18.4 Å². The van der Waals surface area contributed by atoms with E-state index in [0.29, 0.717) is 12.1 Å². The van der Waals surface area contributed by atoms with Crippen molar-refractivity contribution in [3.8, 4) is 0 Å². The lowest BCUT2D eigenvalue weighted by Crippen LogP contribution is -2.41. The minimum Gasteiger partial charge on any atom is -0.472 e. The zero-order valence-electron chi connectivity index (χ0n) is 15.1. The van der Waals surface area contributed by atoms with Crippen LogP contribution in [0.2, 0.25) is 0 Å². The van der Waals surface area contributed by atoms with Gasteiger partial charge in [0.1, 0.15) is 6.26 Å². The summed E-state index contributed by atoms with van der Waals surface area (Å²) in [7, 11) is 0. The normalized spacial score (nSPS) is 15.5. The molecule has 2 aromatic rings. The summed E-state index contributed by atoms with van der Waals surface area (Å²) in [6.45, 7) is 6.28. The average Bonchev–Trinajstić information content (AvgIpc) is 3.08. The molecular formula is C20H25N3O3. The summed E-state index contributed by atoms with van der Waals surface area (Å²) in [5.41, 5.74) is 3.06. The largest absolute Gasteiger partial charge is 0.472 e. The van der Waals surface area contributed by atoms with Crippen LogP contribution in [-0.4, -0.2) is 54.3 Å². The van der Waals surface area contributed by atoms with E-state index in [4.69, 9.17) is 4.42 Å². The molecule has 6 heteroatoms. The predicted molar refractivity (Wildman–Crippen MR) is 98.7 cm³/mol. The Labute approximate surface area is 153 Å². The first-order valence-corrected chi connectivity index (χ1v) is 8.98. The second-order valence-corrected chi connectivity index (χ2v) is 6.63. The Morgan fingerprint density at radius 2 is 1.96 bits per heavy atom. The molecule has 138 valence electrons. The minimum absolute atomic E-state index is 0.0157. The molecule has 0 unspecified atom stereocenters. The van der Waals surface area contributed by atoms with Crippen LogP contribution in [0.25, 0.3) is 0 Å². The number of rotatable bonds is 5. The minimum atomic E-state index is -0.289.